The highest BCUT2D eigenvalue weighted by atomic mass is 14.9. The van der Waals surface area contributed by atoms with Gasteiger partial charge in [0.1, 0.15) is 5.82 Å². The van der Waals surface area contributed by atoms with Crippen LogP contribution in [-0.4, -0.2) is 9.97 Å². The van der Waals surface area contributed by atoms with E-state index >= 15 is 0 Å². The van der Waals surface area contributed by atoms with Gasteiger partial charge in [0.15, 0.2) is 0 Å². The summed E-state index contributed by atoms with van der Waals surface area (Å²) in [5, 5.41) is 0. The molecule has 0 spiro atoms. The molecular weight excluding hydrogens is 280 g/mol. The van der Waals surface area contributed by atoms with E-state index in [0.29, 0.717) is 0 Å². The predicted octanol–water partition coefficient (Wildman–Crippen LogP) is 6.01. The van der Waals surface area contributed by atoms with Gasteiger partial charge in [-0.25, -0.2) is 9.97 Å². The monoisotopic (exact) mass is 310 g/mol. The number of unbranched alkanes of at least 4 members (excludes halogenated alkanes) is 3. The maximum absolute atomic E-state index is 4.84. The van der Waals surface area contributed by atoms with E-state index in [2.05, 4.69) is 58.9 Å². The predicted molar refractivity (Wildman–Crippen MR) is 98.7 cm³/mol. The Balaban J connectivity index is 2.18. The summed E-state index contributed by atoms with van der Waals surface area (Å²) < 4.78 is 0. The summed E-state index contributed by atoms with van der Waals surface area (Å²) in [6.07, 6.45) is 8.31. The summed E-state index contributed by atoms with van der Waals surface area (Å²) in [5.41, 5.74) is 4.72. The van der Waals surface area contributed by atoms with E-state index in [1.54, 1.807) is 0 Å². The minimum atomic E-state index is 0.0453. The van der Waals surface area contributed by atoms with Crippen LogP contribution in [0.25, 0.3) is 11.1 Å². The molecule has 0 fully saturated rings. The average Bonchev–Trinajstić information content (AvgIpc) is 2.51. The van der Waals surface area contributed by atoms with Crippen molar-refractivity contribution >= 4 is 0 Å². The molecule has 0 radical (unpaired) electrons. The van der Waals surface area contributed by atoms with Crippen LogP contribution in [-0.2, 0) is 5.41 Å². The first kappa shape index (κ1) is 17.7. The molecule has 2 nitrogen and oxygen atoms in total. The van der Waals surface area contributed by atoms with E-state index in [4.69, 9.17) is 9.97 Å². The van der Waals surface area contributed by atoms with Crippen molar-refractivity contribution in [2.75, 3.05) is 0 Å². The highest BCUT2D eigenvalue weighted by molar-refractivity contribution is 5.65. The molecule has 1 heterocycles. The first-order valence-electron chi connectivity index (χ1n) is 8.85. The maximum atomic E-state index is 4.84. The number of aromatic nitrogens is 2. The van der Waals surface area contributed by atoms with Gasteiger partial charge in [0, 0.05) is 22.9 Å². The van der Waals surface area contributed by atoms with Crippen LogP contribution < -0.4 is 0 Å². The third-order valence-electron chi connectivity index (χ3n) is 4.57. The summed E-state index contributed by atoms with van der Waals surface area (Å²) in [7, 11) is 0. The number of benzene rings is 1. The Hall–Kier alpha value is -1.70. The van der Waals surface area contributed by atoms with Crippen LogP contribution in [0.1, 0.15) is 70.0 Å². The van der Waals surface area contributed by atoms with E-state index < -0.39 is 0 Å². The Bertz CT molecular complexity index is 644. The molecule has 0 aliphatic carbocycles. The average molecular weight is 310 g/mol. The van der Waals surface area contributed by atoms with Crippen LogP contribution in [0.5, 0.6) is 0 Å². The zero-order valence-corrected chi connectivity index (χ0v) is 15.3. The zero-order chi connectivity index (χ0) is 16.9. The third kappa shape index (κ3) is 4.63. The van der Waals surface area contributed by atoms with Crippen molar-refractivity contribution in [3.63, 3.8) is 0 Å². The SMILES string of the molecule is CCCCCCC(C)(C)c1ncc(-c2cccc(C)c2)c(C)n1. The van der Waals surface area contributed by atoms with Gasteiger partial charge in [0.05, 0.1) is 0 Å². The molecular formula is C21H30N2. The van der Waals surface area contributed by atoms with Gasteiger partial charge in [-0.2, -0.15) is 0 Å². The van der Waals surface area contributed by atoms with Crippen molar-refractivity contribution < 1.29 is 0 Å². The quantitative estimate of drug-likeness (QED) is 0.585. The summed E-state index contributed by atoms with van der Waals surface area (Å²) in [6.45, 7) is 11.0. The number of aryl methyl sites for hydroxylation is 2. The fourth-order valence-electron chi connectivity index (χ4n) is 2.99. The summed E-state index contributed by atoms with van der Waals surface area (Å²) in [6, 6.07) is 8.54. The topological polar surface area (TPSA) is 25.8 Å². The van der Waals surface area contributed by atoms with Crippen molar-refractivity contribution in [3.05, 3.63) is 47.5 Å². The number of nitrogens with zero attached hydrogens (tertiary/aromatic N) is 2. The lowest BCUT2D eigenvalue weighted by Crippen LogP contribution is -2.21. The highest BCUT2D eigenvalue weighted by Gasteiger charge is 2.24. The second kappa shape index (κ2) is 7.72. The number of hydrogen-bond acceptors (Lipinski definition) is 2. The first-order chi connectivity index (χ1) is 10.9. The lowest BCUT2D eigenvalue weighted by molar-refractivity contribution is 0.422. The molecule has 2 aromatic rings. The molecule has 1 aromatic heterocycles. The normalized spacial score (nSPS) is 11.7. The Morgan fingerprint density at radius 1 is 1.04 bits per heavy atom. The van der Waals surface area contributed by atoms with Crippen molar-refractivity contribution in [3.8, 4) is 11.1 Å². The van der Waals surface area contributed by atoms with Gasteiger partial charge in [-0.3, -0.25) is 0 Å². The Labute approximate surface area is 141 Å². The van der Waals surface area contributed by atoms with Crippen molar-refractivity contribution in [1.29, 1.82) is 0 Å². The van der Waals surface area contributed by atoms with E-state index in [-0.39, 0.29) is 5.41 Å². The Morgan fingerprint density at radius 3 is 2.48 bits per heavy atom. The molecule has 2 heteroatoms. The molecule has 2 rings (SSSR count). The standard InChI is InChI=1S/C21H30N2/c1-6-7-8-9-13-21(4,5)20-22-15-19(17(3)23-20)18-12-10-11-16(2)14-18/h10-12,14-15H,6-9,13H2,1-5H3. The second-order valence-electron chi connectivity index (χ2n) is 7.26. The number of hydrogen-bond donors (Lipinski definition) is 0. The fourth-order valence-corrected chi connectivity index (χ4v) is 2.99. The lowest BCUT2D eigenvalue weighted by atomic mass is 9.85. The van der Waals surface area contributed by atoms with Gasteiger partial charge in [0.25, 0.3) is 0 Å². The van der Waals surface area contributed by atoms with Crippen LogP contribution in [0.2, 0.25) is 0 Å². The summed E-state index contributed by atoms with van der Waals surface area (Å²) in [5.74, 6) is 0.975. The van der Waals surface area contributed by atoms with Gasteiger partial charge in [-0.15, -0.1) is 0 Å². The molecule has 0 saturated heterocycles. The van der Waals surface area contributed by atoms with Gasteiger partial charge in [0.2, 0.25) is 0 Å². The van der Waals surface area contributed by atoms with Crippen LogP contribution in [0.3, 0.4) is 0 Å². The van der Waals surface area contributed by atoms with Crippen molar-refractivity contribution in [1.82, 2.24) is 9.97 Å². The van der Waals surface area contributed by atoms with Gasteiger partial charge in [-0.05, 0) is 25.8 Å². The van der Waals surface area contributed by atoms with Crippen molar-refractivity contribution in [2.45, 2.75) is 72.1 Å². The Kier molecular flexibility index (Phi) is 5.92. The van der Waals surface area contributed by atoms with E-state index in [0.717, 1.165) is 23.5 Å². The van der Waals surface area contributed by atoms with Crippen LogP contribution in [0, 0.1) is 13.8 Å². The van der Waals surface area contributed by atoms with E-state index in [9.17, 15) is 0 Å². The molecule has 0 bridgehead atoms. The molecule has 0 amide bonds. The lowest BCUT2D eigenvalue weighted by Gasteiger charge is -2.23. The molecule has 0 unspecified atom stereocenters. The third-order valence-corrected chi connectivity index (χ3v) is 4.57. The first-order valence-corrected chi connectivity index (χ1v) is 8.85. The smallest absolute Gasteiger partial charge is 0.134 e. The van der Waals surface area contributed by atoms with Crippen LogP contribution in [0.4, 0.5) is 0 Å². The molecule has 0 saturated carbocycles. The molecule has 0 aliphatic rings. The fraction of sp³-hybridized carbons (Fsp3) is 0.524. The van der Waals surface area contributed by atoms with Crippen LogP contribution >= 0.6 is 0 Å². The molecule has 0 atom stereocenters. The molecule has 124 valence electrons. The largest absolute Gasteiger partial charge is 0.240 e. The summed E-state index contributed by atoms with van der Waals surface area (Å²) in [4.78, 5) is 9.54. The van der Waals surface area contributed by atoms with Crippen molar-refractivity contribution in [2.24, 2.45) is 0 Å². The molecule has 0 N–H and O–H groups in total. The van der Waals surface area contributed by atoms with Gasteiger partial charge >= 0.3 is 0 Å². The van der Waals surface area contributed by atoms with Crippen LogP contribution in [0.15, 0.2) is 30.5 Å². The minimum absolute atomic E-state index is 0.0453. The highest BCUT2D eigenvalue weighted by Crippen LogP contribution is 2.29. The van der Waals surface area contributed by atoms with Gasteiger partial charge in [-0.1, -0.05) is 76.3 Å². The summed E-state index contributed by atoms with van der Waals surface area (Å²) >= 11 is 0. The van der Waals surface area contributed by atoms with Gasteiger partial charge < -0.3 is 0 Å². The number of rotatable bonds is 7. The minimum Gasteiger partial charge on any atom is -0.240 e. The Morgan fingerprint density at radius 2 is 1.83 bits per heavy atom. The van der Waals surface area contributed by atoms with E-state index in [1.807, 2.05) is 6.20 Å². The molecule has 0 aliphatic heterocycles. The second-order valence-corrected chi connectivity index (χ2v) is 7.26. The van der Waals surface area contributed by atoms with E-state index in [1.165, 1.54) is 36.8 Å². The molecule has 1 aromatic carbocycles. The maximum Gasteiger partial charge on any atom is 0.134 e. The molecule has 23 heavy (non-hydrogen) atoms. The zero-order valence-electron chi connectivity index (χ0n) is 15.3.